The fraction of sp³-hybridized carbons (Fsp3) is 0. The Bertz CT molecular complexity index is 3550. The summed E-state index contributed by atoms with van der Waals surface area (Å²) in [7, 11) is 0. The van der Waals surface area contributed by atoms with E-state index >= 15 is 0 Å². The highest BCUT2D eigenvalue weighted by Crippen LogP contribution is 2.46. The summed E-state index contributed by atoms with van der Waals surface area (Å²) in [6.07, 6.45) is 0. The smallest absolute Gasteiger partial charge is 0.0554 e. The normalized spacial score (nSPS) is 11.5. The van der Waals surface area contributed by atoms with Crippen molar-refractivity contribution >= 4 is 70.4 Å². The summed E-state index contributed by atoms with van der Waals surface area (Å²) in [4.78, 5) is 2.43. The van der Waals surface area contributed by atoms with Crippen molar-refractivity contribution in [1.29, 1.82) is 0 Å². The van der Waals surface area contributed by atoms with Gasteiger partial charge in [-0.25, -0.2) is 0 Å². The minimum atomic E-state index is 1.10. The van der Waals surface area contributed by atoms with Crippen LogP contribution in [0.15, 0.2) is 243 Å². The second kappa shape index (κ2) is 15.5. The molecule has 0 atom stereocenters. The summed E-state index contributed by atoms with van der Waals surface area (Å²) in [6.45, 7) is 0. The Balaban J connectivity index is 0.959. The third-order valence-electron chi connectivity index (χ3n) is 12.5. The molecule has 12 aromatic rings. The Morgan fingerprint density at radius 2 is 0.762 bits per heavy atom. The maximum Gasteiger partial charge on any atom is 0.0554 e. The Morgan fingerprint density at radius 1 is 0.302 bits per heavy atom. The highest BCUT2D eigenvalue weighted by molar-refractivity contribution is 7.26. The van der Waals surface area contributed by atoms with Crippen molar-refractivity contribution in [1.82, 2.24) is 4.57 Å². The molecule has 0 amide bonds. The largest absolute Gasteiger partial charge is 0.310 e. The molecule has 0 saturated carbocycles. The van der Waals surface area contributed by atoms with Gasteiger partial charge >= 0.3 is 0 Å². The van der Waals surface area contributed by atoms with E-state index in [1.165, 1.54) is 86.5 Å². The van der Waals surface area contributed by atoms with Gasteiger partial charge in [0.25, 0.3) is 0 Å². The van der Waals surface area contributed by atoms with E-state index in [0.717, 1.165) is 22.7 Å². The zero-order chi connectivity index (χ0) is 41.7. The first kappa shape index (κ1) is 36.8. The maximum absolute atomic E-state index is 2.43. The molecule has 0 bridgehead atoms. The van der Waals surface area contributed by atoms with Crippen LogP contribution in [-0.2, 0) is 0 Å². The molecular formula is C60H40N2S. The monoisotopic (exact) mass is 820 g/mol. The average molecular weight is 821 g/mol. The van der Waals surface area contributed by atoms with Gasteiger partial charge in [0, 0.05) is 47.9 Å². The summed E-state index contributed by atoms with van der Waals surface area (Å²) in [5, 5.41) is 5.07. The molecule has 0 aliphatic rings. The lowest BCUT2D eigenvalue weighted by atomic mass is 9.93. The first-order chi connectivity index (χ1) is 31.3. The number of hydrogen-bond donors (Lipinski definition) is 0. The first-order valence-corrected chi connectivity index (χ1v) is 22.3. The Morgan fingerprint density at radius 3 is 1.41 bits per heavy atom. The van der Waals surface area contributed by atoms with Crippen LogP contribution in [0.4, 0.5) is 17.1 Å². The Kier molecular flexibility index (Phi) is 9.06. The van der Waals surface area contributed by atoms with E-state index in [1.54, 1.807) is 0 Å². The molecule has 12 rings (SSSR count). The van der Waals surface area contributed by atoms with Gasteiger partial charge < -0.3 is 9.47 Å². The van der Waals surface area contributed by atoms with Crippen LogP contribution in [0.3, 0.4) is 0 Å². The van der Waals surface area contributed by atoms with Gasteiger partial charge in [0.05, 0.1) is 22.4 Å². The maximum atomic E-state index is 2.43. The summed E-state index contributed by atoms with van der Waals surface area (Å²) in [6, 6.07) is 88.3. The lowest BCUT2D eigenvalue weighted by Gasteiger charge is -2.27. The molecule has 10 aromatic carbocycles. The van der Waals surface area contributed by atoms with Crippen LogP contribution in [0.1, 0.15) is 0 Å². The van der Waals surface area contributed by atoms with Gasteiger partial charge in [0.2, 0.25) is 0 Å². The highest BCUT2D eigenvalue weighted by atomic mass is 32.1. The van der Waals surface area contributed by atoms with Gasteiger partial charge in [0.15, 0.2) is 0 Å². The third-order valence-corrected chi connectivity index (χ3v) is 13.6. The predicted molar refractivity (Wildman–Crippen MR) is 270 cm³/mol. The molecule has 0 unspecified atom stereocenters. The number of nitrogens with zero attached hydrogens (tertiary/aromatic N) is 2. The van der Waals surface area contributed by atoms with Crippen LogP contribution in [0.25, 0.3) is 92.2 Å². The number of para-hydroxylation sites is 3. The number of hydrogen-bond acceptors (Lipinski definition) is 2. The summed E-state index contributed by atoms with van der Waals surface area (Å²) >= 11 is 1.85. The van der Waals surface area contributed by atoms with E-state index in [2.05, 4.69) is 252 Å². The zero-order valence-electron chi connectivity index (χ0n) is 34.4. The van der Waals surface area contributed by atoms with Gasteiger partial charge in [-0.2, -0.15) is 0 Å². The Hall–Kier alpha value is -7.98. The fourth-order valence-corrected chi connectivity index (χ4v) is 10.6. The Labute approximate surface area is 370 Å². The molecule has 0 saturated heterocycles. The second-order valence-corrected chi connectivity index (χ2v) is 17.1. The van der Waals surface area contributed by atoms with Crippen LogP contribution in [0.2, 0.25) is 0 Å². The summed E-state index contributed by atoms with van der Waals surface area (Å²) in [5.74, 6) is 0. The predicted octanol–water partition coefficient (Wildman–Crippen LogP) is 17.3. The van der Waals surface area contributed by atoms with Crippen molar-refractivity contribution < 1.29 is 0 Å². The van der Waals surface area contributed by atoms with Crippen LogP contribution >= 0.6 is 11.3 Å². The molecule has 296 valence electrons. The van der Waals surface area contributed by atoms with E-state index in [1.807, 2.05) is 11.3 Å². The number of rotatable bonds is 8. The van der Waals surface area contributed by atoms with Gasteiger partial charge in [-0.1, -0.05) is 182 Å². The van der Waals surface area contributed by atoms with Crippen molar-refractivity contribution in [3.8, 4) is 50.2 Å². The molecule has 3 heteroatoms. The quantitative estimate of drug-likeness (QED) is 0.148. The molecule has 2 nitrogen and oxygen atoms in total. The highest BCUT2D eigenvalue weighted by Gasteiger charge is 2.21. The number of thiophene rings is 1. The topological polar surface area (TPSA) is 8.17 Å². The van der Waals surface area contributed by atoms with Gasteiger partial charge in [-0.15, -0.1) is 11.3 Å². The number of benzene rings is 10. The van der Waals surface area contributed by atoms with E-state index in [9.17, 15) is 0 Å². The molecule has 0 aliphatic carbocycles. The SMILES string of the molecule is c1ccc(-c2ccc(-c3ccc(N(c4ccc(-c5ccccc5-c5ccccc5-n5c6ccccc6c6ccccc65)cc4)c4cccc5sc6ccccc6c45)cc3)cc2)cc1. The minimum absolute atomic E-state index is 1.10. The van der Waals surface area contributed by atoms with Crippen LogP contribution in [0.5, 0.6) is 0 Å². The second-order valence-electron chi connectivity index (χ2n) is 16.1. The van der Waals surface area contributed by atoms with E-state index < -0.39 is 0 Å². The molecule has 63 heavy (non-hydrogen) atoms. The molecule has 0 fully saturated rings. The van der Waals surface area contributed by atoms with Gasteiger partial charge in [0.1, 0.15) is 0 Å². The number of fused-ring (bicyclic) bond motifs is 6. The van der Waals surface area contributed by atoms with Crippen molar-refractivity contribution in [2.75, 3.05) is 4.90 Å². The molecule has 2 heterocycles. The minimum Gasteiger partial charge on any atom is -0.310 e. The van der Waals surface area contributed by atoms with Crippen LogP contribution in [-0.4, -0.2) is 4.57 Å². The molecule has 2 aromatic heterocycles. The fourth-order valence-electron chi connectivity index (χ4n) is 9.50. The number of aromatic nitrogens is 1. The zero-order valence-corrected chi connectivity index (χ0v) is 35.2. The van der Waals surface area contributed by atoms with Crippen LogP contribution < -0.4 is 4.90 Å². The first-order valence-electron chi connectivity index (χ1n) is 21.5. The molecule has 0 spiro atoms. The lowest BCUT2D eigenvalue weighted by Crippen LogP contribution is -2.10. The molecule has 0 aliphatic heterocycles. The molecular weight excluding hydrogens is 781 g/mol. The van der Waals surface area contributed by atoms with Gasteiger partial charge in [-0.05, 0) is 99.6 Å². The van der Waals surface area contributed by atoms with E-state index in [4.69, 9.17) is 0 Å². The third kappa shape index (κ3) is 6.41. The standard InChI is InChI=1S/C60H40N2S/c1-2-15-41(16-3-1)42-29-31-43(32-30-42)44-33-37-46(38-34-44)61(57-26-14-28-59-60(57)53-22-9-13-27-58(53)63-59)47-39-35-45(36-40-47)48-17-4-5-18-49(48)50-19-6-10-23-54(50)62-55-24-11-7-20-51(55)52-21-8-12-25-56(52)62/h1-40H. The van der Waals surface area contributed by atoms with E-state index in [-0.39, 0.29) is 0 Å². The molecule has 0 radical (unpaired) electrons. The summed E-state index contributed by atoms with van der Waals surface area (Å²) in [5.41, 5.74) is 16.5. The average Bonchev–Trinajstić information content (AvgIpc) is 3.91. The van der Waals surface area contributed by atoms with Crippen molar-refractivity contribution in [2.45, 2.75) is 0 Å². The number of anilines is 3. The van der Waals surface area contributed by atoms with Crippen molar-refractivity contribution in [3.63, 3.8) is 0 Å². The van der Waals surface area contributed by atoms with Crippen molar-refractivity contribution in [3.05, 3.63) is 243 Å². The summed E-state index contributed by atoms with van der Waals surface area (Å²) < 4.78 is 5.00. The van der Waals surface area contributed by atoms with Gasteiger partial charge in [-0.3, -0.25) is 0 Å². The lowest BCUT2D eigenvalue weighted by molar-refractivity contribution is 1.18. The molecule has 0 N–H and O–H groups in total. The van der Waals surface area contributed by atoms with Crippen molar-refractivity contribution in [2.24, 2.45) is 0 Å². The van der Waals surface area contributed by atoms with E-state index in [0.29, 0.717) is 0 Å². The van der Waals surface area contributed by atoms with Crippen LogP contribution in [0, 0.1) is 0 Å².